The summed E-state index contributed by atoms with van der Waals surface area (Å²) in [5.74, 6) is 0.245. The van der Waals surface area contributed by atoms with Crippen molar-refractivity contribution in [3.05, 3.63) is 0 Å². The molecule has 2 unspecified atom stereocenters. The van der Waals surface area contributed by atoms with Gasteiger partial charge in [-0.2, -0.15) is 0 Å². The third-order valence-corrected chi connectivity index (χ3v) is 3.46. The van der Waals surface area contributed by atoms with E-state index in [-0.39, 0.29) is 31.7 Å². The van der Waals surface area contributed by atoms with E-state index in [1.807, 2.05) is 0 Å². The second-order valence-electron chi connectivity index (χ2n) is 4.89. The fourth-order valence-corrected chi connectivity index (χ4v) is 2.07. The summed E-state index contributed by atoms with van der Waals surface area (Å²) in [5.41, 5.74) is 0. The third-order valence-electron chi connectivity index (χ3n) is 3.27. The predicted octanol–water partition coefficient (Wildman–Crippen LogP) is -1.29. The second kappa shape index (κ2) is 8.72. The minimum atomic E-state index is -1.42. The average Bonchev–Trinajstić information content (AvgIpc) is 2.48. The van der Waals surface area contributed by atoms with Crippen molar-refractivity contribution in [1.29, 1.82) is 0 Å². The van der Waals surface area contributed by atoms with Gasteiger partial charge in [-0.25, -0.2) is 4.79 Å². The van der Waals surface area contributed by atoms with Gasteiger partial charge in [0.1, 0.15) is 18.3 Å². The Kier molecular flexibility index (Phi) is 7.64. The van der Waals surface area contributed by atoms with E-state index in [9.17, 15) is 20.1 Å². The normalized spacial score (nSPS) is 30.8. The molecule has 124 valence electrons. The van der Waals surface area contributed by atoms with E-state index >= 15 is 0 Å². The topological polar surface area (TPSA) is 111 Å². The molecule has 1 fully saturated rings. The number of carbonyl (C=O) groups excluding carboxylic acids is 1. The van der Waals surface area contributed by atoms with Gasteiger partial charge >= 0.3 is 6.03 Å². The van der Waals surface area contributed by atoms with E-state index in [1.54, 1.807) is 6.92 Å². The number of halogens is 1. The number of nitrogens with zero attached hydrogens (tertiary/aromatic N) is 1. The van der Waals surface area contributed by atoms with Crippen molar-refractivity contribution in [2.45, 2.75) is 37.6 Å². The van der Waals surface area contributed by atoms with Crippen LogP contribution in [0.5, 0.6) is 0 Å². The fourth-order valence-electron chi connectivity index (χ4n) is 1.97. The van der Waals surface area contributed by atoms with Crippen LogP contribution in [0.25, 0.3) is 0 Å². The van der Waals surface area contributed by atoms with Crippen molar-refractivity contribution in [2.24, 2.45) is 0 Å². The molecule has 5 atom stereocenters. The van der Waals surface area contributed by atoms with Crippen LogP contribution in [0, 0.1) is 0 Å². The Labute approximate surface area is 128 Å². The lowest BCUT2D eigenvalue weighted by molar-refractivity contribution is -0.221. The van der Waals surface area contributed by atoms with Crippen molar-refractivity contribution in [2.75, 3.05) is 32.7 Å². The minimum absolute atomic E-state index is 0.148. The predicted molar refractivity (Wildman–Crippen MR) is 75.1 cm³/mol. The van der Waals surface area contributed by atoms with Gasteiger partial charge in [-0.05, 0) is 6.92 Å². The summed E-state index contributed by atoms with van der Waals surface area (Å²) in [6.07, 6.45) is -5.36. The number of aliphatic hydroxyl groups excluding tert-OH is 3. The van der Waals surface area contributed by atoms with Gasteiger partial charge in [0, 0.05) is 19.5 Å². The van der Waals surface area contributed by atoms with Gasteiger partial charge in [0.2, 0.25) is 0 Å². The summed E-state index contributed by atoms with van der Waals surface area (Å²) in [5, 5.41) is 31.8. The van der Waals surface area contributed by atoms with Crippen LogP contribution in [-0.4, -0.2) is 89.6 Å². The highest BCUT2D eigenvalue weighted by Gasteiger charge is 2.42. The van der Waals surface area contributed by atoms with Crippen LogP contribution in [-0.2, 0) is 9.47 Å². The van der Waals surface area contributed by atoms with Crippen LogP contribution < -0.4 is 5.32 Å². The molecule has 8 nitrogen and oxygen atoms in total. The van der Waals surface area contributed by atoms with E-state index in [0.29, 0.717) is 0 Å². The molecule has 0 aromatic carbocycles. The summed E-state index contributed by atoms with van der Waals surface area (Å²) in [6.45, 7) is 1.98. The van der Waals surface area contributed by atoms with Crippen molar-refractivity contribution in [3.63, 3.8) is 0 Å². The highest BCUT2D eigenvalue weighted by atomic mass is 35.5. The van der Waals surface area contributed by atoms with Gasteiger partial charge < -0.3 is 30.1 Å². The zero-order chi connectivity index (χ0) is 16.0. The molecule has 0 aliphatic carbocycles. The largest absolute Gasteiger partial charge is 0.388 e. The van der Waals surface area contributed by atoms with Crippen molar-refractivity contribution >= 4 is 17.6 Å². The Hall–Kier alpha value is -0.640. The van der Waals surface area contributed by atoms with Crippen LogP contribution in [0.15, 0.2) is 0 Å². The molecule has 0 saturated carbocycles. The number of rotatable bonds is 6. The van der Waals surface area contributed by atoms with Crippen molar-refractivity contribution < 1.29 is 29.6 Å². The lowest BCUT2D eigenvalue weighted by atomic mass is 10.0. The molecule has 2 amide bonds. The average molecular weight is 327 g/mol. The Morgan fingerprint density at radius 3 is 2.71 bits per heavy atom. The molecule has 1 saturated heterocycles. The van der Waals surface area contributed by atoms with Crippen LogP contribution in [0.2, 0.25) is 0 Å². The second-order valence-corrected chi connectivity index (χ2v) is 5.27. The number of nitrogens with one attached hydrogen (secondary N) is 1. The third kappa shape index (κ3) is 4.94. The maximum absolute atomic E-state index is 12.2. The van der Waals surface area contributed by atoms with Crippen molar-refractivity contribution in [3.8, 4) is 0 Å². The monoisotopic (exact) mass is 326 g/mol. The maximum Gasteiger partial charge on any atom is 0.319 e. The SMILES string of the molecule is COC(C)CN(C(=O)NCCCl)C1OC[C@H](O)[C@H](O)[C@H]1O. The number of methoxy groups -OCH3 is 1. The first-order chi connectivity index (χ1) is 9.92. The molecular formula is C12H23ClN2O6. The Balaban J connectivity index is 2.81. The number of urea groups is 1. The van der Waals surface area contributed by atoms with Gasteiger partial charge in [-0.3, -0.25) is 4.90 Å². The first kappa shape index (κ1) is 18.4. The number of hydrogen-bond donors (Lipinski definition) is 4. The van der Waals surface area contributed by atoms with E-state index in [4.69, 9.17) is 21.1 Å². The zero-order valence-electron chi connectivity index (χ0n) is 12.1. The van der Waals surface area contributed by atoms with E-state index in [0.717, 1.165) is 0 Å². The van der Waals surface area contributed by atoms with E-state index in [2.05, 4.69) is 5.32 Å². The number of hydrogen-bond acceptors (Lipinski definition) is 6. The molecule has 1 rings (SSSR count). The highest BCUT2D eigenvalue weighted by Crippen LogP contribution is 2.19. The Morgan fingerprint density at radius 1 is 1.48 bits per heavy atom. The standard InChI is InChI=1S/C12H23ClN2O6/c1-7(20-2)5-15(12(19)14-4-3-13)11-10(18)9(17)8(16)6-21-11/h7-11,16-18H,3-6H2,1-2H3,(H,14,19)/t7?,8-,9-,10+,11?/m0/s1. The van der Waals surface area contributed by atoms with Crippen LogP contribution in [0.3, 0.4) is 0 Å². The number of amides is 2. The molecule has 1 heterocycles. The summed E-state index contributed by atoms with van der Waals surface area (Å²) in [4.78, 5) is 13.4. The number of ether oxygens (including phenoxy) is 2. The summed E-state index contributed by atoms with van der Waals surface area (Å²) in [7, 11) is 1.50. The number of carbonyl (C=O) groups is 1. The van der Waals surface area contributed by atoms with Crippen molar-refractivity contribution in [1.82, 2.24) is 10.2 Å². The van der Waals surface area contributed by atoms with Gasteiger partial charge in [0.15, 0.2) is 6.23 Å². The zero-order valence-corrected chi connectivity index (χ0v) is 12.9. The van der Waals surface area contributed by atoms with Gasteiger partial charge in [-0.1, -0.05) is 0 Å². The lowest BCUT2D eigenvalue weighted by Gasteiger charge is -2.41. The van der Waals surface area contributed by atoms with E-state index < -0.39 is 30.6 Å². The molecule has 0 bridgehead atoms. The number of alkyl halides is 1. The fraction of sp³-hybridized carbons (Fsp3) is 0.917. The Bertz CT molecular complexity index is 335. The molecular weight excluding hydrogens is 304 g/mol. The van der Waals surface area contributed by atoms with Gasteiger partial charge in [0.05, 0.1) is 19.3 Å². The Morgan fingerprint density at radius 2 is 2.14 bits per heavy atom. The first-order valence-electron chi connectivity index (χ1n) is 6.71. The summed E-state index contributed by atoms with van der Waals surface area (Å²) >= 11 is 5.53. The molecule has 0 aromatic heterocycles. The van der Waals surface area contributed by atoms with Crippen LogP contribution >= 0.6 is 11.6 Å². The molecule has 1 aliphatic rings. The number of aliphatic hydroxyl groups is 3. The molecule has 0 radical (unpaired) electrons. The minimum Gasteiger partial charge on any atom is -0.388 e. The smallest absolute Gasteiger partial charge is 0.319 e. The van der Waals surface area contributed by atoms with Gasteiger partial charge in [-0.15, -0.1) is 11.6 Å². The maximum atomic E-state index is 12.2. The summed E-state index contributed by atoms with van der Waals surface area (Å²) < 4.78 is 10.4. The molecule has 1 aliphatic heterocycles. The molecule has 9 heteroatoms. The van der Waals surface area contributed by atoms with Gasteiger partial charge in [0.25, 0.3) is 0 Å². The quantitative estimate of drug-likeness (QED) is 0.452. The van der Waals surface area contributed by atoms with Crippen LogP contribution in [0.4, 0.5) is 4.79 Å². The molecule has 0 spiro atoms. The molecule has 4 N–H and O–H groups in total. The lowest BCUT2D eigenvalue weighted by Crippen LogP contribution is -2.62. The molecule has 21 heavy (non-hydrogen) atoms. The first-order valence-corrected chi connectivity index (χ1v) is 7.24. The van der Waals surface area contributed by atoms with E-state index in [1.165, 1.54) is 12.0 Å². The summed E-state index contributed by atoms with van der Waals surface area (Å²) in [6, 6.07) is -0.493. The van der Waals surface area contributed by atoms with Crippen LogP contribution in [0.1, 0.15) is 6.92 Å². The highest BCUT2D eigenvalue weighted by molar-refractivity contribution is 6.18. The molecule has 0 aromatic rings.